The molecule has 2 aromatic carbocycles. The number of carbonyl (C=O) groups is 1. The van der Waals surface area contributed by atoms with Crippen LogP contribution in [-0.2, 0) is 10.0 Å². The Balaban J connectivity index is 1.84. The number of carbonyl (C=O) groups excluding carboxylic acids is 1. The van der Waals surface area contributed by atoms with Crippen LogP contribution in [0.15, 0.2) is 47.4 Å². The predicted octanol–water partition coefficient (Wildman–Crippen LogP) is 2.28. The highest BCUT2D eigenvalue weighted by molar-refractivity contribution is 7.89. The summed E-state index contributed by atoms with van der Waals surface area (Å²) in [6.45, 7) is 4.61. The van der Waals surface area contributed by atoms with Crippen LogP contribution >= 0.6 is 0 Å². The molecule has 1 aliphatic rings. The molecule has 1 aliphatic heterocycles. The van der Waals surface area contributed by atoms with E-state index in [0.29, 0.717) is 50.0 Å². The lowest BCUT2D eigenvalue weighted by Crippen LogP contribution is -2.47. The average molecular weight is 434 g/mol. The second kappa shape index (κ2) is 9.46. The molecule has 0 unspecified atom stereocenters. The zero-order valence-electron chi connectivity index (χ0n) is 17.4. The summed E-state index contributed by atoms with van der Waals surface area (Å²) in [5.41, 5.74) is 0.722. The van der Waals surface area contributed by atoms with Crippen LogP contribution in [0.5, 0.6) is 11.5 Å². The maximum atomic E-state index is 13.0. The summed E-state index contributed by atoms with van der Waals surface area (Å²) in [7, 11) is -0.296. The fourth-order valence-electron chi connectivity index (χ4n) is 3.20. The van der Waals surface area contributed by atoms with E-state index in [1.807, 2.05) is 14.0 Å². The molecule has 162 valence electrons. The molecule has 1 N–H and O–H groups in total. The summed E-state index contributed by atoms with van der Waals surface area (Å²) < 4.78 is 38.2. The number of piperazine rings is 1. The normalized spacial score (nSPS) is 15.6. The van der Waals surface area contributed by atoms with Gasteiger partial charge in [0.05, 0.1) is 24.2 Å². The third kappa shape index (κ3) is 4.92. The highest BCUT2D eigenvalue weighted by Crippen LogP contribution is 2.26. The molecule has 1 heterocycles. The second-order valence-corrected chi connectivity index (χ2v) is 8.92. The van der Waals surface area contributed by atoms with E-state index in [4.69, 9.17) is 9.47 Å². The number of amides is 1. The molecular formula is C21H27N3O5S. The Morgan fingerprint density at radius 3 is 2.33 bits per heavy atom. The molecular weight excluding hydrogens is 406 g/mol. The molecule has 8 nitrogen and oxygen atoms in total. The van der Waals surface area contributed by atoms with E-state index >= 15 is 0 Å². The highest BCUT2D eigenvalue weighted by atomic mass is 32.2. The summed E-state index contributed by atoms with van der Waals surface area (Å²) in [6, 6.07) is 11.3. The molecule has 1 saturated heterocycles. The number of anilines is 1. The summed E-state index contributed by atoms with van der Waals surface area (Å²) >= 11 is 0. The number of nitrogens with one attached hydrogen (secondary N) is 1. The molecule has 1 fully saturated rings. The van der Waals surface area contributed by atoms with E-state index in [-0.39, 0.29) is 10.5 Å². The van der Waals surface area contributed by atoms with Crippen molar-refractivity contribution in [3.05, 3.63) is 48.0 Å². The van der Waals surface area contributed by atoms with Crippen LogP contribution in [0, 0.1) is 0 Å². The number of hydrogen-bond donors (Lipinski definition) is 1. The first-order valence-corrected chi connectivity index (χ1v) is 11.2. The molecule has 0 aliphatic carbocycles. The van der Waals surface area contributed by atoms with Gasteiger partial charge in [-0.25, -0.2) is 8.42 Å². The molecule has 0 spiro atoms. The fraction of sp³-hybridized carbons (Fsp3) is 0.381. The van der Waals surface area contributed by atoms with Gasteiger partial charge < -0.3 is 19.7 Å². The topological polar surface area (TPSA) is 88.2 Å². The minimum atomic E-state index is -3.70. The molecule has 0 aromatic heterocycles. The summed E-state index contributed by atoms with van der Waals surface area (Å²) in [5.74, 6) is 0.551. The Hall–Kier alpha value is -2.62. The number of likely N-dealkylation sites (N-methyl/N-ethyl adjacent to an activating group) is 1. The van der Waals surface area contributed by atoms with Gasteiger partial charge in [-0.15, -0.1) is 0 Å². The minimum Gasteiger partial charge on any atom is -0.496 e. The predicted molar refractivity (Wildman–Crippen MR) is 115 cm³/mol. The average Bonchev–Trinajstić information content (AvgIpc) is 2.75. The lowest BCUT2D eigenvalue weighted by Gasteiger charge is -2.31. The molecule has 30 heavy (non-hydrogen) atoms. The van der Waals surface area contributed by atoms with Crippen molar-refractivity contribution >= 4 is 21.6 Å². The van der Waals surface area contributed by atoms with Crippen molar-refractivity contribution in [2.75, 3.05) is 52.3 Å². The number of ether oxygens (including phenoxy) is 2. The number of hydrogen-bond acceptors (Lipinski definition) is 6. The minimum absolute atomic E-state index is 0.0738. The van der Waals surface area contributed by atoms with Crippen LogP contribution in [0.2, 0.25) is 0 Å². The maximum absolute atomic E-state index is 13.0. The third-order valence-corrected chi connectivity index (χ3v) is 6.83. The van der Waals surface area contributed by atoms with E-state index in [1.165, 1.54) is 29.6 Å². The van der Waals surface area contributed by atoms with Crippen LogP contribution in [0.4, 0.5) is 5.69 Å². The molecule has 1 amide bonds. The van der Waals surface area contributed by atoms with E-state index in [9.17, 15) is 13.2 Å². The largest absolute Gasteiger partial charge is 0.496 e. The first kappa shape index (κ1) is 22.1. The van der Waals surface area contributed by atoms with Gasteiger partial charge >= 0.3 is 0 Å². The third-order valence-electron chi connectivity index (χ3n) is 4.94. The van der Waals surface area contributed by atoms with Crippen LogP contribution < -0.4 is 14.8 Å². The zero-order chi connectivity index (χ0) is 21.7. The van der Waals surface area contributed by atoms with Gasteiger partial charge in [-0.1, -0.05) is 0 Å². The van der Waals surface area contributed by atoms with Crippen LogP contribution in [-0.4, -0.2) is 70.5 Å². The first-order chi connectivity index (χ1) is 14.3. The van der Waals surface area contributed by atoms with E-state index < -0.39 is 15.9 Å². The summed E-state index contributed by atoms with van der Waals surface area (Å²) in [6.07, 6.45) is 0. The van der Waals surface area contributed by atoms with Gasteiger partial charge in [-0.3, -0.25) is 4.79 Å². The zero-order valence-corrected chi connectivity index (χ0v) is 18.2. The first-order valence-electron chi connectivity index (χ1n) is 9.76. The number of benzene rings is 2. The van der Waals surface area contributed by atoms with Crippen molar-refractivity contribution in [1.82, 2.24) is 9.21 Å². The van der Waals surface area contributed by atoms with Gasteiger partial charge in [0.1, 0.15) is 11.5 Å². The lowest BCUT2D eigenvalue weighted by atomic mass is 10.2. The lowest BCUT2D eigenvalue weighted by molar-refractivity contribution is 0.102. The van der Waals surface area contributed by atoms with Gasteiger partial charge in [-0.2, -0.15) is 4.31 Å². The molecule has 0 bridgehead atoms. The van der Waals surface area contributed by atoms with Gasteiger partial charge in [0.15, 0.2) is 0 Å². The smallest absolute Gasteiger partial charge is 0.259 e. The van der Waals surface area contributed by atoms with E-state index in [0.717, 1.165) is 0 Å². The van der Waals surface area contributed by atoms with Crippen molar-refractivity contribution in [3.63, 3.8) is 0 Å². The highest BCUT2D eigenvalue weighted by Gasteiger charge is 2.29. The number of sulfonamides is 1. The quantitative estimate of drug-likeness (QED) is 0.721. The summed E-state index contributed by atoms with van der Waals surface area (Å²) in [4.78, 5) is 15.0. The molecule has 3 rings (SSSR count). The van der Waals surface area contributed by atoms with Gasteiger partial charge in [0.2, 0.25) is 10.0 Å². The van der Waals surface area contributed by atoms with Crippen molar-refractivity contribution in [3.8, 4) is 11.5 Å². The monoisotopic (exact) mass is 433 g/mol. The number of nitrogens with zero attached hydrogens (tertiary/aromatic N) is 2. The Morgan fingerprint density at radius 2 is 1.73 bits per heavy atom. The molecule has 0 saturated carbocycles. The van der Waals surface area contributed by atoms with Crippen LogP contribution in [0.1, 0.15) is 17.3 Å². The Bertz CT molecular complexity index is 984. The maximum Gasteiger partial charge on any atom is 0.259 e. The Kier molecular flexibility index (Phi) is 6.96. The molecule has 9 heteroatoms. The fourth-order valence-corrected chi connectivity index (χ4v) is 4.65. The summed E-state index contributed by atoms with van der Waals surface area (Å²) in [5, 5.41) is 2.78. The van der Waals surface area contributed by atoms with Crippen molar-refractivity contribution < 1.29 is 22.7 Å². The molecule has 0 radical (unpaired) electrons. The van der Waals surface area contributed by atoms with Gasteiger partial charge in [-0.05, 0) is 56.4 Å². The van der Waals surface area contributed by atoms with E-state index in [2.05, 4.69) is 10.2 Å². The van der Waals surface area contributed by atoms with Gasteiger partial charge in [0, 0.05) is 31.9 Å². The molecule has 2 aromatic rings. The van der Waals surface area contributed by atoms with Crippen LogP contribution in [0.25, 0.3) is 0 Å². The van der Waals surface area contributed by atoms with Crippen molar-refractivity contribution in [2.24, 2.45) is 0 Å². The second-order valence-electron chi connectivity index (χ2n) is 6.98. The SMILES string of the molecule is CCOc1ccc(NC(=O)c2cc(S(=O)(=O)N3CCN(C)CC3)ccc2OC)cc1. The standard InChI is InChI=1S/C21H27N3O5S/c1-4-29-17-7-5-16(6-8-17)22-21(25)19-15-18(9-10-20(19)28-3)30(26,27)24-13-11-23(2)12-14-24/h5-10,15H,4,11-14H2,1-3H3,(H,22,25). The van der Waals surface area contributed by atoms with Crippen molar-refractivity contribution in [2.45, 2.75) is 11.8 Å². The van der Waals surface area contributed by atoms with Crippen molar-refractivity contribution in [1.29, 1.82) is 0 Å². The van der Waals surface area contributed by atoms with Gasteiger partial charge in [0.25, 0.3) is 5.91 Å². The number of methoxy groups -OCH3 is 1. The Labute approximate surface area is 177 Å². The Morgan fingerprint density at radius 1 is 1.07 bits per heavy atom. The van der Waals surface area contributed by atoms with E-state index in [1.54, 1.807) is 24.3 Å². The number of rotatable bonds is 7. The molecule has 0 atom stereocenters. The van der Waals surface area contributed by atoms with Crippen LogP contribution in [0.3, 0.4) is 0 Å².